The first-order chi connectivity index (χ1) is 9.46. The Morgan fingerprint density at radius 3 is 2.50 bits per heavy atom. The average molecular weight is 421 g/mol. The number of sulfonamides is 1. The molecule has 1 heterocycles. The summed E-state index contributed by atoms with van der Waals surface area (Å²) in [6.45, 7) is 0.349. The Morgan fingerprint density at radius 1 is 1.35 bits per heavy atom. The molecule has 0 bridgehead atoms. The van der Waals surface area contributed by atoms with Crippen molar-refractivity contribution in [1.82, 2.24) is 4.31 Å². The van der Waals surface area contributed by atoms with Gasteiger partial charge in [-0.05, 0) is 34.8 Å². The van der Waals surface area contributed by atoms with E-state index in [2.05, 4.69) is 15.9 Å². The molecule has 0 spiro atoms. The molecular formula is C12H16BrCl2NO2S2. The van der Waals surface area contributed by atoms with Gasteiger partial charge in [-0.15, -0.1) is 22.9 Å². The normalized spacial score (nSPS) is 17.8. The molecule has 1 aromatic rings. The third kappa shape index (κ3) is 3.70. The van der Waals surface area contributed by atoms with Gasteiger partial charge in [-0.3, -0.25) is 0 Å². The highest BCUT2D eigenvalue weighted by molar-refractivity contribution is 9.11. The molecule has 1 aromatic heterocycles. The van der Waals surface area contributed by atoms with Gasteiger partial charge in [-0.2, -0.15) is 4.31 Å². The maximum atomic E-state index is 12.8. The lowest BCUT2D eigenvalue weighted by atomic mass is 9.95. The van der Waals surface area contributed by atoms with Gasteiger partial charge in [0.2, 0.25) is 0 Å². The van der Waals surface area contributed by atoms with E-state index in [4.69, 9.17) is 23.2 Å². The molecule has 1 aliphatic carbocycles. The highest BCUT2D eigenvalue weighted by atomic mass is 79.9. The summed E-state index contributed by atoms with van der Waals surface area (Å²) in [6.07, 6.45) is 5.16. The fourth-order valence-electron chi connectivity index (χ4n) is 2.52. The molecule has 114 valence electrons. The molecule has 8 heteroatoms. The Hall–Kier alpha value is 0.670. The van der Waals surface area contributed by atoms with Crippen LogP contribution in [0.2, 0.25) is 5.02 Å². The van der Waals surface area contributed by atoms with Crippen LogP contribution in [0.15, 0.2) is 14.1 Å². The van der Waals surface area contributed by atoms with Crippen molar-refractivity contribution in [3.63, 3.8) is 0 Å². The SMILES string of the molecule is O=S(=O)(c1cc(Cl)c(Br)s1)N(CCCl)C1CCCCC1. The summed E-state index contributed by atoms with van der Waals surface area (Å²) in [4.78, 5) is 0. The minimum Gasteiger partial charge on any atom is -0.206 e. The molecule has 0 amide bonds. The van der Waals surface area contributed by atoms with Crippen molar-refractivity contribution in [2.24, 2.45) is 0 Å². The van der Waals surface area contributed by atoms with Crippen LogP contribution < -0.4 is 0 Å². The Kier molecular flexibility index (Phi) is 6.21. The van der Waals surface area contributed by atoms with Crippen molar-refractivity contribution in [3.8, 4) is 0 Å². The molecule has 0 unspecified atom stereocenters. The Morgan fingerprint density at radius 2 is 2.00 bits per heavy atom. The van der Waals surface area contributed by atoms with E-state index >= 15 is 0 Å². The van der Waals surface area contributed by atoms with Crippen molar-refractivity contribution in [2.75, 3.05) is 12.4 Å². The van der Waals surface area contributed by atoms with Crippen molar-refractivity contribution in [2.45, 2.75) is 42.4 Å². The van der Waals surface area contributed by atoms with Crippen LogP contribution in [0.1, 0.15) is 32.1 Å². The van der Waals surface area contributed by atoms with Crippen LogP contribution in [-0.4, -0.2) is 31.2 Å². The fourth-order valence-corrected chi connectivity index (χ4v) is 7.02. The third-order valence-corrected chi connectivity index (χ3v) is 8.52. The minimum absolute atomic E-state index is 0.0622. The summed E-state index contributed by atoms with van der Waals surface area (Å²) in [5.74, 6) is 0.302. The number of halogens is 3. The van der Waals surface area contributed by atoms with Gasteiger partial charge in [-0.25, -0.2) is 8.42 Å². The molecule has 0 N–H and O–H groups in total. The van der Waals surface area contributed by atoms with Crippen LogP contribution in [0.3, 0.4) is 0 Å². The van der Waals surface area contributed by atoms with Gasteiger partial charge in [0.1, 0.15) is 4.21 Å². The molecule has 0 aliphatic heterocycles. The van der Waals surface area contributed by atoms with Gasteiger partial charge in [0, 0.05) is 18.5 Å². The molecule has 1 saturated carbocycles. The lowest BCUT2D eigenvalue weighted by Gasteiger charge is -2.32. The van der Waals surface area contributed by atoms with Gasteiger partial charge in [-0.1, -0.05) is 30.9 Å². The van der Waals surface area contributed by atoms with E-state index in [0.717, 1.165) is 37.0 Å². The van der Waals surface area contributed by atoms with E-state index in [0.29, 0.717) is 21.2 Å². The van der Waals surface area contributed by atoms with Gasteiger partial charge in [0.25, 0.3) is 10.0 Å². The predicted molar refractivity (Wildman–Crippen MR) is 88.5 cm³/mol. The smallest absolute Gasteiger partial charge is 0.206 e. The second kappa shape index (κ2) is 7.29. The molecule has 3 nitrogen and oxygen atoms in total. The summed E-state index contributed by atoms with van der Waals surface area (Å²) in [7, 11) is -3.51. The summed E-state index contributed by atoms with van der Waals surface area (Å²) >= 11 is 16.2. The zero-order chi connectivity index (χ0) is 14.8. The molecule has 0 aromatic carbocycles. The number of alkyl halides is 1. The highest BCUT2D eigenvalue weighted by Gasteiger charge is 2.33. The molecular weight excluding hydrogens is 405 g/mol. The fraction of sp³-hybridized carbons (Fsp3) is 0.667. The Balaban J connectivity index is 2.31. The molecule has 2 rings (SSSR count). The van der Waals surface area contributed by atoms with Crippen LogP contribution >= 0.6 is 50.5 Å². The van der Waals surface area contributed by atoms with Crippen molar-refractivity contribution in [3.05, 3.63) is 14.9 Å². The predicted octanol–water partition coefficient (Wildman–Crippen LogP) is 4.73. The van der Waals surface area contributed by atoms with Crippen molar-refractivity contribution < 1.29 is 8.42 Å². The number of nitrogens with zero attached hydrogens (tertiary/aromatic N) is 1. The lowest BCUT2D eigenvalue weighted by Crippen LogP contribution is -2.42. The number of rotatable bonds is 5. The molecule has 1 fully saturated rings. The van der Waals surface area contributed by atoms with Crippen LogP contribution in [0.5, 0.6) is 0 Å². The lowest BCUT2D eigenvalue weighted by molar-refractivity contribution is 0.262. The van der Waals surface area contributed by atoms with E-state index in [9.17, 15) is 8.42 Å². The first-order valence-electron chi connectivity index (χ1n) is 6.49. The van der Waals surface area contributed by atoms with Gasteiger partial charge in [0.05, 0.1) is 8.81 Å². The third-order valence-electron chi connectivity index (χ3n) is 3.47. The quantitative estimate of drug-likeness (QED) is 0.645. The summed E-state index contributed by atoms with van der Waals surface area (Å²) in [5.41, 5.74) is 0. The molecule has 0 radical (unpaired) electrons. The Bertz CT molecular complexity index is 536. The summed E-state index contributed by atoms with van der Waals surface area (Å²) < 4.78 is 28.1. The minimum atomic E-state index is -3.51. The van der Waals surface area contributed by atoms with E-state index in [1.807, 2.05) is 0 Å². The molecule has 0 saturated heterocycles. The first kappa shape index (κ1) is 17.0. The highest BCUT2D eigenvalue weighted by Crippen LogP contribution is 2.37. The number of hydrogen-bond donors (Lipinski definition) is 0. The molecule has 20 heavy (non-hydrogen) atoms. The van der Waals surface area contributed by atoms with Gasteiger partial charge in [0.15, 0.2) is 0 Å². The first-order valence-corrected chi connectivity index (χ1v) is 10.5. The van der Waals surface area contributed by atoms with Crippen LogP contribution in [0.25, 0.3) is 0 Å². The zero-order valence-corrected chi connectivity index (χ0v) is 15.5. The van der Waals surface area contributed by atoms with E-state index in [1.165, 1.54) is 12.5 Å². The second-order valence-corrected chi connectivity index (χ2v) is 10.1. The Labute approximate surface area is 142 Å². The van der Waals surface area contributed by atoms with Crippen molar-refractivity contribution in [1.29, 1.82) is 0 Å². The topological polar surface area (TPSA) is 37.4 Å². The van der Waals surface area contributed by atoms with Crippen LogP contribution in [0, 0.1) is 0 Å². The number of hydrogen-bond acceptors (Lipinski definition) is 3. The average Bonchev–Trinajstić information content (AvgIpc) is 2.77. The van der Waals surface area contributed by atoms with Crippen LogP contribution in [0.4, 0.5) is 0 Å². The monoisotopic (exact) mass is 419 g/mol. The standard InChI is InChI=1S/C12H16BrCl2NO2S2/c13-12-10(15)8-11(19-12)20(17,18)16(7-6-14)9-4-2-1-3-5-9/h8-9H,1-7H2. The second-order valence-electron chi connectivity index (χ2n) is 4.78. The van der Waals surface area contributed by atoms with E-state index in [1.54, 1.807) is 4.31 Å². The van der Waals surface area contributed by atoms with E-state index < -0.39 is 10.0 Å². The molecule has 1 aliphatic rings. The maximum absolute atomic E-state index is 12.8. The molecule has 0 atom stereocenters. The van der Waals surface area contributed by atoms with Gasteiger partial charge >= 0.3 is 0 Å². The van der Waals surface area contributed by atoms with Crippen LogP contribution in [-0.2, 0) is 10.0 Å². The summed E-state index contributed by atoms with van der Waals surface area (Å²) in [5, 5.41) is 0.433. The van der Waals surface area contributed by atoms with Gasteiger partial charge < -0.3 is 0 Å². The van der Waals surface area contributed by atoms with Crippen molar-refractivity contribution >= 4 is 60.5 Å². The number of thiophene rings is 1. The van der Waals surface area contributed by atoms with E-state index in [-0.39, 0.29) is 10.3 Å². The largest absolute Gasteiger partial charge is 0.252 e. The zero-order valence-electron chi connectivity index (χ0n) is 10.8. The summed E-state index contributed by atoms with van der Waals surface area (Å²) in [6, 6.07) is 1.57. The maximum Gasteiger partial charge on any atom is 0.252 e.